The molecule has 2 heterocycles. The van der Waals surface area contributed by atoms with E-state index in [1.54, 1.807) is 24.3 Å². The lowest BCUT2D eigenvalue weighted by Crippen LogP contribution is -2.30. The van der Waals surface area contributed by atoms with Crippen LogP contribution in [0.3, 0.4) is 0 Å². The van der Waals surface area contributed by atoms with E-state index in [2.05, 4.69) is 10.2 Å². The Morgan fingerprint density at radius 3 is 2.86 bits per heavy atom. The minimum atomic E-state index is -3.73. The summed E-state index contributed by atoms with van der Waals surface area (Å²) in [5, 5.41) is 15.1. The van der Waals surface area contributed by atoms with Crippen LogP contribution in [0, 0.1) is 0 Å². The number of H-pyrrole nitrogens is 1. The summed E-state index contributed by atoms with van der Waals surface area (Å²) < 4.78 is 26.5. The van der Waals surface area contributed by atoms with Crippen LogP contribution in [0.25, 0.3) is 0 Å². The van der Waals surface area contributed by atoms with Crippen LogP contribution < -0.4 is 4.31 Å². The standard InChI is InChI=1S/C13H13N3O4S/c17-13(18)5-9-8-16(12-4-2-1-3-11(9)12)21(19,20)10-6-14-15-7-10/h1-4,6-7,9H,5,8H2,(H,14,15)(H,17,18)/t9-/m0/s1. The largest absolute Gasteiger partial charge is 0.481 e. The van der Waals surface area contributed by atoms with E-state index < -0.39 is 16.0 Å². The second-order valence-corrected chi connectivity index (χ2v) is 6.69. The molecule has 3 rings (SSSR count). The van der Waals surface area contributed by atoms with Gasteiger partial charge in [0.25, 0.3) is 10.0 Å². The second-order valence-electron chi connectivity index (χ2n) is 4.82. The van der Waals surface area contributed by atoms with Gasteiger partial charge in [0.05, 0.1) is 18.3 Å². The first-order chi connectivity index (χ1) is 10.00. The summed E-state index contributed by atoms with van der Waals surface area (Å²) in [5.74, 6) is -1.29. The Labute approximate surface area is 121 Å². The number of carboxylic acids is 1. The van der Waals surface area contributed by atoms with Gasteiger partial charge in [-0.1, -0.05) is 18.2 Å². The van der Waals surface area contributed by atoms with Crippen molar-refractivity contribution in [3.63, 3.8) is 0 Å². The molecule has 0 radical (unpaired) electrons. The monoisotopic (exact) mass is 307 g/mol. The summed E-state index contributed by atoms with van der Waals surface area (Å²) in [6.45, 7) is 0.124. The first kappa shape index (κ1) is 13.6. The maximum Gasteiger partial charge on any atom is 0.304 e. The zero-order valence-electron chi connectivity index (χ0n) is 10.9. The van der Waals surface area contributed by atoms with E-state index in [0.29, 0.717) is 5.69 Å². The number of para-hydroxylation sites is 1. The van der Waals surface area contributed by atoms with Gasteiger partial charge in [0.1, 0.15) is 4.90 Å². The van der Waals surface area contributed by atoms with Crippen LogP contribution in [-0.2, 0) is 14.8 Å². The third kappa shape index (κ3) is 2.27. The first-order valence-electron chi connectivity index (χ1n) is 6.32. The number of nitrogens with zero attached hydrogens (tertiary/aromatic N) is 2. The Morgan fingerprint density at radius 1 is 1.43 bits per heavy atom. The minimum absolute atomic E-state index is 0.0632. The van der Waals surface area contributed by atoms with E-state index in [-0.39, 0.29) is 23.8 Å². The fourth-order valence-corrected chi connectivity index (χ4v) is 4.02. The molecule has 8 heteroatoms. The number of carboxylic acid groups (broad SMARTS) is 1. The molecule has 110 valence electrons. The van der Waals surface area contributed by atoms with Crippen molar-refractivity contribution in [2.75, 3.05) is 10.8 Å². The second kappa shape index (κ2) is 4.88. The molecule has 1 atom stereocenters. The normalized spacial score (nSPS) is 17.7. The number of aliphatic carboxylic acids is 1. The molecule has 0 saturated carbocycles. The van der Waals surface area contributed by atoms with Crippen LogP contribution in [-0.4, -0.2) is 36.2 Å². The number of fused-ring (bicyclic) bond motifs is 1. The van der Waals surface area contributed by atoms with Crippen molar-refractivity contribution >= 4 is 21.7 Å². The molecule has 0 saturated heterocycles. The van der Waals surface area contributed by atoms with Gasteiger partial charge >= 0.3 is 5.97 Å². The van der Waals surface area contributed by atoms with Gasteiger partial charge in [-0.25, -0.2) is 8.42 Å². The molecule has 7 nitrogen and oxygen atoms in total. The van der Waals surface area contributed by atoms with Gasteiger partial charge < -0.3 is 5.11 Å². The predicted octanol–water partition coefficient (Wildman–Crippen LogP) is 1.18. The molecular weight excluding hydrogens is 294 g/mol. The van der Waals surface area contributed by atoms with Gasteiger partial charge in [0.2, 0.25) is 0 Å². The molecule has 0 fully saturated rings. The van der Waals surface area contributed by atoms with Crippen molar-refractivity contribution in [2.45, 2.75) is 17.2 Å². The minimum Gasteiger partial charge on any atom is -0.481 e. The van der Waals surface area contributed by atoms with Crippen LogP contribution in [0.4, 0.5) is 5.69 Å². The lowest BCUT2D eigenvalue weighted by Gasteiger charge is -2.18. The van der Waals surface area contributed by atoms with Gasteiger partial charge in [-0.3, -0.25) is 14.2 Å². The van der Waals surface area contributed by atoms with Crippen molar-refractivity contribution in [2.24, 2.45) is 0 Å². The van der Waals surface area contributed by atoms with Crippen molar-refractivity contribution in [1.29, 1.82) is 0 Å². The summed E-state index contributed by atoms with van der Waals surface area (Å²) in [7, 11) is -3.73. The van der Waals surface area contributed by atoms with Crippen LogP contribution >= 0.6 is 0 Å². The summed E-state index contributed by atoms with van der Waals surface area (Å²) in [6.07, 6.45) is 2.44. The van der Waals surface area contributed by atoms with Crippen LogP contribution in [0.1, 0.15) is 17.9 Å². The average molecular weight is 307 g/mol. The number of aromatic nitrogens is 2. The van der Waals surface area contributed by atoms with Gasteiger partial charge in [0.15, 0.2) is 0 Å². The van der Waals surface area contributed by atoms with Gasteiger partial charge in [0, 0.05) is 18.7 Å². The average Bonchev–Trinajstić information content (AvgIpc) is 3.07. The van der Waals surface area contributed by atoms with E-state index in [1.165, 1.54) is 16.7 Å². The molecule has 0 aliphatic carbocycles. The molecule has 1 aromatic heterocycles. The van der Waals surface area contributed by atoms with Gasteiger partial charge in [-0.2, -0.15) is 5.10 Å². The number of carbonyl (C=O) groups is 1. The van der Waals surface area contributed by atoms with E-state index in [1.807, 2.05) is 0 Å². The topological polar surface area (TPSA) is 103 Å². The van der Waals surface area contributed by atoms with Gasteiger partial charge in [-0.15, -0.1) is 0 Å². The predicted molar refractivity (Wildman–Crippen MR) is 74.6 cm³/mol. The maximum atomic E-state index is 12.6. The summed E-state index contributed by atoms with van der Waals surface area (Å²) in [6, 6.07) is 6.98. The maximum absolute atomic E-state index is 12.6. The van der Waals surface area contributed by atoms with Gasteiger partial charge in [-0.05, 0) is 11.6 Å². The third-order valence-corrected chi connectivity index (χ3v) is 5.26. The number of nitrogens with one attached hydrogen (secondary N) is 1. The summed E-state index contributed by atoms with van der Waals surface area (Å²) >= 11 is 0. The SMILES string of the molecule is O=C(O)C[C@H]1CN(S(=O)(=O)c2cn[nH]c2)c2ccccc21. The Morgan fingerprint density at radius 2 is 2.19 bits per heavy atom. The zero-order chi connectivity index (χ0) is 15.0. The molecule has 0 spiro atoms. The molecule has 21 heavy (non-hydrogen) atoms. The van der Waals surface area contributed by atoms with Crippen molar-refractivity contribution in [3.8, 4) is 0 Å². The molecular formula is C13H13N3O4S. The molecule has 2 N–H and O–H groups in total. The Bertz CT molecular complexity index is 770. The Kier molecular flexibility index (Phi) is 3.17. The number of anilines is 1. The molecule has 1 aliphatic rings. The molecule has 1 aliphatic heterocycles. The first-order valence-corrected chi connectivity index (χ1v) is 7.76. The highest BCUT2D eigenvalue weighted by Gasteiger charge is 2.37. The fourth-order valence-electron chi connectivity index (χ4n) is 2.58. The number of rotatable bonds is 4. The fraction of sp³-hybridized carbons (Fsp3) is 0.231. The molecule has 0 amide bonds. The molecule has 0 bridgehead atoms. The zero-order valence-corrected chi connectivity index (χ0v) is 11.7. The van der Waals surface area contributed by atoms with E-state index >= 15 is 0 Å². The van der Waals surface area contributed by atoms with E-state index in [9.17, 15) is 13.2 Å². The highest BCUT2D eigenvalue weighted by molar-refractivity contribution is 7.92. The molecule has 2 aromatic rings. The number of hydrogen-bond donors (Lipinski definition) is 2. The smallest absolute Gasteiger partial charge is 0.304 e. The van der Waals surface area contributed by atoms with Crippen LogP contribution in [0.15, 0.2) is 41.6 Å². The third-order valence-electron chi connectivity index (χ3n) is 3.51. The number of benzene rings is 1. The lowest BCUT2D eigenvalue weighted by atomic mass is 9.98. The quantitative estimate of drug-likeness (QED) is 0.882. The number of sulfonamides is 1. The Balaban J connectivity index is 2.04. The van der Waals surface area contributed by atoms with Crippen LogP contribution in [0.2, 0.25) is 0 Å². The molecule has 1 aromatic carbocycles. The number of hydrogen-bond acceptors (Lipinski definition) is 4. The van der Waals surface area contributed by atoms with E-state index in [4.69, 9.17) is 5.11 Å². The molecule has 0 unspecified atom stereocenters. The summed E-state index contributed by atoms with van der Waals surface area (Å²) in [5.41, 5.74) is 1.27. The van der Waals surface area contributed by atoms with Crippen molar-refractivity contribution < 1.29 is 18.3 Å². The van der Waals surface area contributed by atoms with Crippen LogP contribution in [0.5, 0.6) is 0 Å². The highest BCUT2D eigenvalue weighted by atomic mass is 32.2. The highest BCUT2D eigenvalue weighted by Crippen LogP contribution is 2.40. The van der Waals surface area contributed by atoms with E-state index in [0.717, 1.165) is 5.56 Å². The lowest BCUT2D eigenvalue weighted by molar-refractivity contribution is -0.137. The summed E-state index contributed by atoms with van der Waals surface area (Å²) in [4.78, 5) is 11.0. The Hall–Kier alpha value is -2.35. The van der Waals surface area contributed by atoms with Crippen molar-refractivity contribution in [3.05, 3.63) is 42.2 Å². The van der Waals surface area contributed by atoms with Crippen molar-refractivity contribution in [1.82, 2.24) is 10.2 Å². The number of aromatic amines is 1.